The number of hydrogen-bond donors (Lipinski definition) is 2. The maximum Gasteiger partial charge on any atom is 0.182 e. The molecule has 2 aromatic carbocycles. The summed E-state index contributed by atoms with van der Waals surface area (Å²) in [5.41, 5.74) is 6.01. The molecule has 204 valence electrons. The maximum absolute atomic E-state index is 15.0. The van der Waals surface area contributed by atoms with Crippen molar-refractivity contribution in [1.29, 1.82) is 0 Å². The molecule has 0 saturated carbocycles. The van der Waals surface area contributed by atoms with Crippen LogP contribution in [0.15, 0.2) is 48.7 Å². The number of rotatable bonds is 8. The highest BCUT2D eigenvalue weighted by Gasteiger charge is 2.24. The predicted molar refractivity (Wildman–Crippen MR) is 148 cm³/mol. The molecule has 0 amide bonds. The van der Waals surface area contributed by atoms with Crippen LogP contribution in [0.5, 0.6) is 5.75 Å². The van der Waals surface area contributed by atoms with Crippen molar-refractivity contribution in [3.8, 4) is 17.3 Å². The highest BCUT2D eigenvalue weighted by molar-refractivity contribution is 5.92. The Kier molecular flexibility index (Phi) is 6.85. The third kappa shape index (κ3) is 4.86. The fraction of sp³-hybridized carbons (Fsp3) is 0.267. The summed E-state index contributed by atoms with van der Waals surface area (Å²) in [6.45, 7) is 3.50. The van der Waals surface area contributed by atoms with Gasteiger partial charge in [0.15, 0.2) is 5.82 Å². The highest BCUT2D eigenvalue weighted by Crippen LogP contribution is 2.34. The molecule has 0 radical (unpaired) electrons. The molecular weight excluding hydrogens is 514 g/mol. The SMILES string of the molecule is Cc1cc(Nc2nc(-c3nn(Cc4c(F)cc(OCCO)cc4F)c4ccccc34)nc3c2CCC3)c(C)cn1. The van der Waals surface area contributed by atoms with Gasteiger partial charge in [0.1, 0.15) is 35.5 Å². The lowest BCUT2D eigenvalue weighted by Gasteiger charge is -2.14. The van der Waals surface area contributed by atoms with Crippen molar-refractivity contribution in [1.82, 2.24) is 24.7 Å². The van der Waals surface area contributed by atoms with Gasteiger partial charge in [0, 0.05) is 51.9 Å². The number of anilines is 2. The van der Waals surface area contributed by atoms with Gasteiger partial charge in [-0.1, -0.05) is 18.2 Å². The molecule has 0 saturated heterocycles. The second-order valence-electron chi connectivity index (χ2n) is 9.90. The third-order valence-electron chi connectivity index (χ3n) is 7.08. The number of fused-ring (bicyclic) bond motifs is 2. The number of aliphatic hydroxyl groups excluding tert-OH is 1. The minimum absolute atomic E-state index is 0.0185. The van der Waals surface area contributed by atoms with Crippen LogP contribution >= 0.6 is 0 Å². The Morgan fingerprint density at radius 1 is 1.05 bits per heavy atom. The summed E-state index contributed by atoms with van der Waals surface area (Å²) < 4.78 is 36.7. The summed E-state index contributed by atoms with van der Waals surface area (Å²) in [4.78, 5) is 14.2. The van der Waals surface area contributed by atoms with Crippen molar-refractivity contribution in [3.63, 3.8) is 0 Å². The largest absolute Gasteiger partial charge is 0.491 e. The van der Waals surface area contributed by atoms with Crippen molar-refractivity contribution in [2.24, 2.45) is 0 Å². The Labute approximate surface area is 229 Å². The first-order valence-corrected chi connectivity index (χ1v) is 13.2. The zero-order chi connectivity index (χ0) is 27.8. The number of halogens is 2. The van der Waals surface area contributed by atoms with Gasteiger partial charge < -0.3 is 15.2 Å². The third-order valence-corrected chi connectivity index (χ3v) is 7.08. The summed E-state index contributed by atoms with van der Waals surface area (Å²) in [6.07, 6.45) is 4.54. The van der Waals surface area contributed by atoms with Gasteiger partial charge in [-0.2, -0.15) is 5.10 Å². The van der Waals surface area contributed by atoms with Gasteiger partial charge in [-0.25, -0.2) is 18.7 Å². The lowest BCUT2D eigenvalue weighted by molar-refractivity contribution is 0.200. The molecule has 2 N–H and O–H groups in total. The van der Waals surface area contributed by atoms with E-state index >= 15 is 0 Å². The number of nitrogens with one attached hydrogen (secondary N) is 1. The first kappa shape index (κ1) is 25.8. The molecular formula is C30H28F2N6O2. The van der Waals surface area contributed by atoms with Crippen LogP contribution in [0.25, 0.3) is 22.4 Å². The summed E-state index contributed by atoms with van der Waals surface area (Å²) in [7, 11) is 0. The van der Waals surface area contributed by atoms with E-state index in [4.69, 9.17) is 24.9 Å². The van der Waals surface area contributed by atoms with Crippen LogP contribution in [0.3, 0.4) is 0 Å². The number of aliphatic hydroxyl groups is 1. The molecule has 8 nitrogen and oxygen atoms in total. The molecule has 1 aliphatic rings. The number of aromatic nitrogens is 5. The van der Waals surface area contributed by atoms with Crippen LogP contribution in [-0.4, -0.2) is 43.1 Å². The van der Waals surface area contributed by atoms with Crippen molar-refractivity contribution in [3.05, 3.63) is 88.4 Å². The van der Waals surface area contributed by atoms with Gasteiger partial charge in [-0.15, -0.1) is 0 Å². The van der Waals surface area contributed by atoms with Gasteiger partial charge in [0.2, 0.25) is 0 Å². The normalized spacial score (nSPS) is 12.6. The molecule has 1 aliphatic carbocycles. The first-order chi connectivity index (χ1) is 19.4. The van der Waals surface area contributed by atoms with E-state index in [-0.39, 0.29) is 31.1 Å². The Hall–Kier alpha value is -4.44. The summed E-state index contributed by atoms with van der Waals surface area (Å²) in [5.74, 6) is -0.296. The van der Waals surface area contributed by atoms with E-state index < -0.39 is 11.6 Å². The van der Waals surface area contributed by atoms with Crippen molar-refractivity contribution < 1.29 is 18.6 Å². The van der Waals surface area contributed by atoms with Crippen molar-refractivity contribution >= 4 is 22.4 Å². The minimum Gasteiger partial charge on any atom is -0.491 e. The van der Waals surface area contributed by atoms with E-state index in [0.29, 0.717) is 17.0 Å². The monoisotopic (exact) mass is 542 g/mol. The lowest BCUT2D eigenvalue weighted by Crippen LogP contribution is -2.09. The second kappa shape index (κ2) is 10.6. The van der Waals surface area contributed by atoms with Gasteiger partial charge in [-0.05, 0) is 50.8 Å². The molecule has 5 aromatic rings. The fourth-order valence-corrected chi connectivity index (χ4v) is 5.07. The Morgan fingerprint density at radius 3 is 2.65 bits per heavy atom. The number of para-hydroxylation sites is 1. The number of pyridine rings is 1. The van der Waals surface area contributed by atoms with Crippen LogP contribution in [0.4, 0.5) is 20.3 Å². The summed E-state index contributed by atoms with van der Waals surface area (Å²) in [5, 5.41) is 18.0. The molecule has 40 heavy (non-hydrogen) atoms. The number of nitrogens with zero attached hydrogens (tertiary/aromatic N) is 5. The molecule has 0 atom stereocenters. The van der Waals surface area contributed by atoms with Crippen LogP contribution in [-0.2, 0) is 19.4 Å². The van der Waals surface area contributed by atoms with E-state index in [0.717, 1.165) is 70.8 Å². The van der Waals surface area contributed by atoms with Gasteiger partial charge in [0.05, 0.1) is 18.7 Å². The van der Waals surface area contributed by atoms with E-state index in [1.54, 1.807) is 4.68 Å². The Bertz CT molecular complexity index is 1710. The molecule has 0 unspecified atom stereocenters. The minimum atomic E-state index is -0.752. The van der Waals surface area contributed by atoms with Crippen molar-refractivity contribution in [2.45, 2.75) is 39.7 Å². The van der Waals surface area contributed by atoms with E-state index in [1.807, 2.05) is 50.4 Å². The Morgan fingerprint density at radius 2 is 1.85 bits per heavy atom. The van der Waals surface area contributed by atoms with Gasteiger partial charge in [-0.3, -0.25) is 9.67 Å². The zero-order valence-corrected chi connectivity index (χ0v) is 22.2. The fourth-order valence-electron chi connectivity index (χ4n) is 5.07. The van der Waals surface area contributed by atoms with E-state index in [2.05, 4.69) is 10.3 Å². The number of benzene rings is 2. The zero-order valence-electron chi connectivity index (χ0n) is 22.2. The average molecular weight is 543 g/mol. The first-order valence-electron chi connectivity index (χ1n) is 13.2. The quantitative estimate of drug-likeness (QED) is 0.270. The van der Waals surface area contributed by atoms with Crippen molar-refractivity contribution in [2.75, 3.05) is 18.5 Å². The van der Waals surface area contributed by atoms with E-state index in [1.165, 1.54) is 0 Å². The van der Waals surface area contributed by atoms with Crippen LogP contribution in [0.1, 0.15) is 34.5 Å². The van der Waals surface area contributed by atoms with Crippen LogP contribution < -0.4 is 10.1 Å². The standard InChI is InChI=1S/C30H28F2N6O2/c1-17-15-33-18(2)12-26(17)35-29-20-7-5-8-25(20)34-30(36-29)28-21-6-3-4-9-27(21)38(37-28)16-22-23(31)13-19(14-24(22)32)40-11-10-39/h3-4,6,9,12-15,39H,5,7-8,10-11,16H2,1-2H3,(H,33,34,35,36). The van der Waals surface area contributed by atoms with Crippen LogP contribution in [0, 0.1) is 25.5 Å². The highest BCUT2D eigenvalue weighted by atomic mass is 19.1. The number of hydrogen-bond acceptors (Lipinski definition) is 7. The smallest absolute Gasteiger partial charge is 0.182 e. The van der Waals surface area contributed by atoms with Crippen LogP contribution in [0.2, 0.25) is 0 Å². The number of aryl methyl sites for hydroxylation is 3. The molecule has 0 fully saturated rings. The molecule has 0 bridgehead atoms. The summed E-state index contributed by atoms with van der Waals surface area (Å²) in [6, 6.07) is 11.7. The number of ether oxygens (including phenoxy) is 1. The molecule has 0 spiro atoms. The summed E-state index contributed by atoms with van der Waals surface area (Å²) >= 11 is 0. The van der Waals surface area contributed by atoms with E-state index in [9.17, 15) is 8.78 Å². The molecule has 6 rings (SSSR count). The second-order valence-corrected chi connectivity index (χ2v) is 9.90. The molecule has 3 aromatic heterocycles. The van der Waals surface area contributed by atoms with Gasteiger partial charge >= 0.3 is 0 Å². The topological polar surface area (TPSA) is 98.0 Å². The predicted octanol–water partition coefficient (Wildman–Crippen LogP) is 5.44. The lowest BCUT2D eigenvalue weighted by atomic mass is 10.1. The molecule has 3 heterocycles. The Balaban J connectivity index is 1.42. The molecule has 10 heteroatoms. The van der Waals surface area contributed by atoms with Gasteiger partial charge in [0.25, 0.3) is 0 Å². The maximum atomic E-state index is 15.0. The molecule has 0 aliphatic heterocycles. The average Bonchev–Trinajstić information content (AvgIpc) is 3.57.